The van der Waals surface area contributed by atoms with Crippen molar-refractivity contribution in [3.05, 3.63) is 59.7 Å². The number of hydrogen-bond acceptors (Lipinski definition) is 2. The first-order chi connectivity index (χ1) is 8.78. The first-order valence-corrected chi connectivity index (χ1v) is 6.34. The van der Waals surface area contributed by atoms with Crippen molar-refractivity contribution >= 4 is 5.69 Å². The van der Waals surface area contributed by atoms with E-state index in [0.717, 1.165) is 24.3 Å². The van der Waals surface area contributed by atoms with Gasteiger partial charge in [0.05, 0.1) is 6.61 Å². The molecule has 0 aliphatic heterocycles. The van der Waals surface area contributed by atoms with Crippen LogP contribution in [0.15, 0.2) is 48.5 Å². The number of aryl methyl sites for hydroxylation is 1. The zero-order chi connectivity index (χ0) is 12.8. The van der Waals surface area contributed by atoms with E-state index in [9.17, 15) is 0 Å². The van der Waals surface area contributed by atoms with Crippen LogP contribution in [0.3, 0.4) is 0 Å². The third-order valence-corrected chi connectivity index (χ3v) is 2.97. The van der Waals surface area contributed by atoms with Crippen LogP contribution in [0.4, 0.5) is 5.69 Å². The van der Waals surface area contributed by atoms with Gasteiger partial charge in [0.25, 0.3) is 0 Å². The van der Waals surface area contributed by atoms with Crippen LogP contribution in [-0.2, 0) is 12.8 Å². The molecular formula is C16H19NO. The van der Waals surface area contributed by atoms with E-state index in [1.165, 1.54) is 11.1 Å². The lowest BCUT2D eigenvalue weighted by Gasteiger charge is -2.07. The van der Waals surface area contributed by atoms with Crippen LogP contribution in [0.25, 0.3) is 0 Å². The molecule has 18 heavy (non-hydrogen) atoms. The Hall–Kier alpha value is -1.96. The number of ether oxygens (including phenoxy) is 1. The van der Waals surface area contributed by atoms with E-state index in [0.29, 0.717) is 6.61 Å². The zero-order valence-corrected chi connectivity index (χ0v) is 10.7. The van der Waals surface area contributed by atoms with Crippen LogP contribution in [0, 0.1) is 0 Å². The molecule has 0 saturated heterocycles. The minimum absolute atomic E-state index is 0.690. The summed E-state index contributed by atoms with van der Waals surface area (Å²) in [5.74, 6) is 0.870. The lowest BCUT2D eigenvalue weighted by Crippen LogP contribution is -2.01. The Kier molecular flexibility index (Phi) is 4.24. The Morgan fingerprint density at radius 2 is 1.50 bits per heavy atom. The Labute approximate surface area is 108 Å². The van der Waals surface area contributed by atoms with Crippen molar-refractivity contribution in [1.29, 1.82) is 0 Å². The van der Waals surface area contributed by atoms with Crippen molar-refractivity contribution in [2.45, 2.75) is 19.8 Å². The third-order valence-electron chi connectivity index (χ3n) is 2.97. The Balaban J connectivity index is 1.82. The molecule has 0 aromatic heterocycles. The highest BCUT2D eigenvalue weighted by Crippen LogP contribution is 2.13. The van der Waals surface area contributed by atoms with Crippen molar-refractivity contribution < 1.29 is 4.74 Å². The van der Waals surface area contributed by atoms with Crippen LogP contribution < -0.4 is 10.5 Å². The van der Waals surface area contributed by atoms with Crippen molar-refractivity contribution in [2.24, 2.45) is 0 Å². The van der Waals surface area contributed by atoms with Gasteiger partial charge in [0.1, 0.15) is 5.75 Å². The fraction of sp³-hybridized carbons (Fsp3) is 0.250. The highest BCUT2D eigenvalue weighted by atomic mass is 16.5. The molecule has 0 unspecified atom stereocenters. The third kappa shape index (κ3) is 3.52. The molecule has 0 heterocycles. The van der Waals surface area contributed by atoms with Gasteiger partial charge in [-0.05, 0) is 41.8 Å². The number of nitrogens with two attached hydrogens (primary N) is 1. The molecule has 0 fully saturated rings. The molecule has 2 nitrogen and oxygen atoms in total. The maximum Gasteiger partial charge on any atom is 0.119 e. The van der Waals surface area contributed by atoms with Gasteiger partial charge in [-0.1, -0.05) is 31.2 Å². The van der Waals surface area contributed by atoms with Gasteiger partial charge < -0.3 is 10.5 Å². The summed E-state index contributed by atoms with van der Waals surface area (Å²) in [6.07, 6.45) is 2.01. The number of anilines is 1. The van der Waals surface area contributed by atoms with Gasteiger partial charge >= 0.3 is 0 Å². The van der Waals surface area contributed by atoms with Gasteiger partial charge in [-0.25, -0.2) is 0 Å². The highest BCUT2D eigenvalue weighted by molar-refractivity contribution is 5.41. The predicted octanol–water partition coefficient (Wildman–Crippen LogP) is 3.45. The Bertz CT molecular complexity index is 473. The molecule has 2 heteroatoms. The molecule has 2 aromatic rings. The molecule has 0 saturated carbocycles. The van der Waals surface area contributed by atoms with Crippen LogP contribution in [-0.4, -0.2) is 6.61 Å². The van der Waals surface area contributed by atoms with Crippen molar-refractivity contribution in [3.8, 4) is 5.75 Å². The van der Waals surface area contributed by atoms with E-state index in [-0.39, 0.29) is 0 Å². The van der Waals surface area contributed by atoms with E-state index in [1.807, 2.05) is 24.3 Å². The van der Waals surface area contributed by atoms with Crippen LogP contribution >= 0.6 is 0 Å². The summed E-state index contributed by atoms with van der Waals surface area (Å²) in [6.45, 7) is 2.86. The van der Waals surface area contributed by atoms with Gasteiger partial charge in [-0.15, -0.1) is 0 Å². The maximum absolute atomic E-state index is 5.67. The molecule has 2 N–H and O–H groups in total. The largest absolute Gasteiger partial charge is 0.493 e. The van der Waals surface area contributed by atoms with Crippen LogP contribution in [0.2, 0.25) is 0 Å². The van der Waals surface area contributed by atoms with E-state index in [1.54, 1.807) is 0 Å². The molecule has 0 aliphatic carbocycles. The fourth-order valence-electron chi connectivity index (χ4n) is 1.79. The molecule has 0 bridgehead atoms. The highest BCUT2D eigenvalue weighted by Gasteiger charge is 1.96. The summed E-state index contributed by atoms with van der Waals surface area (Å²) in [6, 6.07) is 16.2. The quantitative estimate of drug-likeness (QED) is 0.814. The first-order valence-electron chi connectivity index (χ1n) is 6.34. The van der Waals surface area contributed by atoms with Gasteiger partial charge in [0, 0.05) is 12.1 Å². The van der Waals surface area contributed by atoms with Crippen molar-refractivity contribution in [2.75, 3.05) is 12.3 Å². The summed E-state index contributed by atoms with van der Waals surface area (Å²) in [4.78, 5) is 0. The van der Waals surface area contributed by atoms with Gasteiger partial charge in [-0.2, -0.15) is 0 Å². The number of hydrogen-bond donors (Lipinski definition) is 1. The van der Waals surface area contributed by atoms with Crippen LogP contribution in [0.1, 0.15) is 18.1 Å². The molecule has 2 aromatic carbocycles. The second-order valence-corrected chi connectivity index (χ2v) is 4.34. The van der Waals surface area contributed by atoms with Gasteiger partial charge in [0.2, 0.25) is 0 Å². The summed E-state index contributed by atoms with van der Waals surface area (Å²) in [7, 11) is 0. The Morgan fingerprint density at radius 1 is 0.889 bits per heavy atom. The smallest absolute Gasteiger partial charge is 0.119 e. The average molecular weight is 241 g/mol. The molecule has 0 amide bonds. The van der Waals surface area contributed by atoms with E-state index in [2.05, 4.69) is 31.2 Å². The molecule has 94 valence electrons. The summed E-state index contributed by atoms with van der Waals surface area (Å²) < 4.78 is 5.67. The second-order valence-electron chi connectivity index (χ2n) is 4.34. The van der Waals surface area contributed by atoms with Crippen molar-refractivity contribution in [1.82, 2.24) is 0 Å². The van der Waals surface area contributed by atoms with Gasteiger partial charge in [-0.3, -0.25) is 0 Å². The monoisotopic (exact) mass is 241 g/mol. The molecular weight excluding hydrogens is 222 g/mol. The minimum atomic E-state index is 0.690. The maximum atomic E-state index is 5.67. The first kappa shape index (κ1) is 12.5. The molecule has 0 spiro atoms. The number of rotatable bonds is 5. The number of nitrogen functional groups attached to an aromatic ring is 1. The van der Waals surface area contributed by atoms with E-state index < -0.39 is 0 Å². The summed E-state index contributed by atoms with van der Waals surface area (Å²) in [5.41, 5.74) is 9.06. The summed E-state index contributed by atoms with van der Waals surface area (Å²) >= 11 is 0. The topological polar surface area (TPSA) is 35.2 Å². The SMILES string of the molecule is CCc1ccc(CCOc2ccc(N)cc2)cc1. The lowest BCUT2D eigenvalue weighted by atomic mass is 10.1. The fourth-order valence-corrected chi connectivity index (χ4v) is 1.79. The predicted molar refractivity (Wildman–Crippen MR) is 75.9 cm³/mol. The standard InChI is InChI=1S/C16H19NO/c1-2-13-3-5-14(6-4-13)11-12-18-16-9-7-15(17)8-10-16/h3-10H,2,11-12,17H2,1H3. The second kappa shape index (κ2) is 6.10. The molecule has 2 rings (SSSR count). The van der Waals surface area contributed by atoms with Crippen LogP contribution in [0.5, 0.6) is 5.75 Å². The van der Waals surface area contributed by atoms with Gasteiger partial charge in [0.15, 0.2) is 0 Å². The molecule has 0 radical (unpaired) electrons. The average Bonchev–Trinajstić information content (AvgIpc) is 2.42. The van der Waals surface area contributed by atoms with Crippen molar-refractivity contribution in [3.63, 3.8) is 0 Å². The number of benzene rings is 2. The zero-order valence-electron chi connectivity index (χ0n) is 10.7. The van der Waals surface area contributed by atoms with E-state index >= 15 is 0 Å². The lowest BCUT2D eigenvalue weighted by molar-refractivity contribution is 0.322. The molecule has 0 atom stereocenters. The minimum Gasteiger partial charge on any atom is -0.493 e. The van der Waals surface area contributed by atoms with E-state index in [4.69, 9.17) is 10.5 Å². The summed E-state index contributed by atoms with van der Waals surface area (Å²) in [5, 5.41) is 0. The normalized spacial score (nSPS) is 10.3. The Morgan fingerprint density at radius 3 is 2.11 bits per heavy atom. The molecule has 0 aliphatic rings.